The van der Waals surface area contributed by atoms with E-state index in [9.17, 15) is 0 Å². The number of hydrogen-bond acceptors (Lipinski definition) is 3. The van der Waals surface area contributed by atoms with Crippen LogP contribution in [0.25, 0.3) is 0 Å². The molecule has 3 heteroatoms. The monoisotopic (exact) mass is 661 g/mol. The first kappa shape index (κ1) is 43.1. The lowest BCUT2D eigenvalue weighted by Gasteiger charge is -2.26. The van der Waals surface area contributed by atoms with E-state index in [1.54, 1.807) is 0 Å². The molecule has 0 aromatic heterocycles. The lowest BCUT2D eigenvalue weighted by Crippen LogP contribution is -2.24. The molecule has 0 unspecified atom stereocenters. The molecule has 0 radical (unpaired) electrons. The minimum Gasteiger partial charge on any atom is -0.488 e. The van der Waals surface area contributed by atoms with E-state index in [2.05, 4.69) is 185 Å². The zero-order chi connectivity index (χ0) is 37.2. The second-order valence-electron chi connectivity index (χ2n) is 19.8. The van der Waals surface area contributed by atoms with Crippen molar-refractivity contribution in [1.29, 1.82) is 0 Å². The Morgan fingerprint density at radius 3 is 1.27 bits per heavy atom. The molecule has 0 heterocycles. The van der Waals surface area contributed by atoms with Crippen molar-refractivity contribution < 1.29 is 14.2 Å². The average Bonchev–Trinajstić information content (AvgIpc) is 2.82. The fraction of sp³-hybridized carbons (Fsp3) is 0.600. The molecule has 0 N–H and O–H groups in total. The van der Waals surface area contributed by atoms with E-state index < -0.39 is 0 Å². The summed E-state index contributed by atoms with van der Waals surface area (Å²) in [6.45, 7) is 39.0. The molecule has 0 aliphatic carbocycles. The fourth-order valence-corrected chi connectivity index (χ4v) is 4.98. The number of para-hydroxylation sites is 1. The Bertz CT molecular complexity index is 1240. The molecular formula is C45H72O3. The molecule has 270 valence electrons. The predicted octanol–water partition coefficient (Wildman–Crippen LogP) is 13.4. The van der Waals surface area contributed by atoms with Crippen LogP contribution in [0.2, 0.25) is 0 Å². The van der Waals surface area contributed by atoms with E-state index in [4.69, 9.17) is 14.2 Å². The zero-order valence-electron chi connectivity index (χ0n) is 34.3. The standard InChI is InChI=1S/3C15H24O/c1-14(2,3)11-12-7-9-13(10-8-12)16-15(4,5)6;1-14(2,3)11-12-8-7-9-13(10-12)16-15(4,5)6;1-14(2,3)11-12-9-7-8-10-13(12)16-15(4,5)6/h3*7-10H,11H2,1-6H3. The van der Waals surface area contributed by atoms with E-state index in [1.807, 2.05) is 12.1 Å². The molecule has 0 aliphatic rings. The van der Waals surface area contributed by atoms with Gasteiger partial charge >= 0.3 is 0 Å². The molecular weight excluding hydrogens is 588 g/mol. The highest BCUT2D eigenvalue weighted by molar-refractivity contribution is 5.34. The van der Waals surface area contributed by atoms with Crippen LogP contribution in [0.15, 0.2) is 72.8 Å². The highest BCUT2D eigenvalue weighted by Crippen LogP contribution is 2.30. The molecule has 0 atom stereocenters. The SMILES string of the molecule is CC(C)(C)Cc1ccc(OC(C)(C)C)cc1.CC(C)(C)Cc1cccc(OC(C)(C)C)c1.CC(C)(C)Cc1ccccc1OC(C)(C)C. The van der Waals surface area contributed by atoms with Gasteiger partial charge in [0.25, 0.3) is 0 Å². The van der Waals surface area contributed by atoms with Gasteiger partial charge < -0.3 is 14.2 Å². The van der Waals surface area contributed by atoms with Crippen LogP contribution in [0, 0.1) is 16.2 Å². The van der Waals surface area contributed by atoms with Crippen LogP contribution in [0.4, 0.5) is 0 Å². The summed E-state index contributed by atoms with van der Waals surface area (Å²) >= 11 is 0. The van der Waals surface area contributed by atoms with Crippen LogP contribution in [-0.4, -0.2) is 16.8 Å². The molecule has 0 amide bonds. The van der Waals surface area contributed by atoms with E-state index >= 15 is 0 Å². The van der Waals surface area contributed by atoms with Crippen molar-refractivity contribution in [3.63, 3.8) is 0 Å². The zero-order valence-corrected chi connectivity index (χ0v) is 34.3. The highest BCUT2D eigenvalue weighted by atomic mass is 16.5. The largest absolute Gasteiger partial charge is 0.488 e. The lowest BCUT2D eigenvalue weighted by atomic mass is 9.88. The van der Waals surface area contributed by atoms with Crippen LogP contribution < -0.4 is 14.2 Å². The first-order valence-electron chi connectivity index (χ1n) is 17.8. The van der Waals surface area contributed by atoms with Crippen molar-refractivity contribution in [1.82, 2.24) is 0 Å². The number of hydrogen-bond donors (Lipinski definition) is 0. The Morgan fingerprint density at radius 1 is 0.375 bits per heavy atom. The molecule has 3 aromatic carbocycles. The first-order valence-corrected chi connectivity index (χ1v) is 17.8. The Morgan fingerprint density at radius 2 is 0.812 bits per heavy atom. The summed E-state index contributed by atoms with van der Waals surface area (Å²) in [6, 6.07) is 25.2. The first-order chi connectivity index (χ1) is 21.5. The third-order valence-electron chi connectivity index (χ3n) is 6.25. The summed E-state index contributed by atoms with van der Waals surface area (Å²) < 4.78 is 17.6. The van der Waals surface area contributed by atoms with Gasteiger partial charge in [0.05, 0.1) is 0 Å². The third kappa shape index (κ3) is 22.6. The van der Waals surface area contributed by atoms with Gasteiger partial charge in [-0.3, -0.25) is 0 Å². The highest BCUT2D eigenvalue weighted by Gasteiger charge is 2.19. The molecule has 0 saturated heterocycles. The molecule has 0 spiro atoms. The molecule has 3 aromatic rings. The van der Waals surface area contributed by atoms with Gasteiger partial charge in [-0.2, -0.15) is 0 Å². The topological polar surface area (TPSA) is 27.7 Å². The van der Waals surface area contributed by atoms with Gasteiger partial charge in [-0.25, -0.2) is 0 Å². The van der Waals surface area contributed by atoms with Gasteiger partial charge in [-0.1, -0.05) is 105 Å². The van der Waals surface area contributed by atoms with Crippen molar-refractivity contribution in [3.8, 4) is 17.2 Å². The van der Waals surface area contributed by atoms with Gasteiger partial charge in [0.15, 0.2) is 0 Å². The van der Waals surface area contributed by atoms with Gasteiger partial charge in [-0.05, 0) is 145 Å². The number of rotatable bonds is 6. The van der Waals surface area contributed by atoms with Crippen molar-refractivity contribution in [2.24, 2.45) is 16.2 Å². The Balaban J connectivity index is 0.000000360. The van der Waals surface area contributed by atoms with Gasteiger partial charge in [-0.15, -0.1) is 0 Å². The van der Waals surface area contributed by atoms with Crippen LogP contribution in [0.5, 0.6) is 17.2 Å². The van der Waals surface area contributed by atoms with Crippen LogP contribution in [0.1, 0.15) is 141 Å². The van der Waals surface area contributed by atoms with Gasteiger partial charge in [0.1, 0.15) is 34.1 Å². The summed E-state index contributed by atoms with van der Waals surface area (Å²) in [7, 11) is 0. The minimum atomic E-state index is -0.131. The van der Waals surface area contributed by atoms with E-state index in [1.165, 1.54) is 16.7 Å². The Labute approximate surface area is 297 Å². The number of ether oxygens (including phenoxy) is 3. The summed E-state index contributed by atoms with van der Waals surface area (Å²) in [6.07, 6.45) is 3.22. The number of benzene rings is 3. The second kappa shape index (κ2) is 17.1. The lowest BCUT2D eigenvalue weighted by molar-refractivity contribution is 0.128. The maximum atomic E-state index is 5.98. The van der Waals surface area contributed by atoms with Gasteiger partial charge in [0.2, 0.25) is 0 Å². The summed E-state index contributed by atoms with van der Waals surface area (Å²) in [5.41, 5.74) is 4.58. The maximum Gasteiger partial charge on any atom is 0.123 e. The van der Waals surface area contributed by atoms with Gasteiger partial charge in [0, 0.05) is 0 Å². The summed E-state index contributed by atoms with van der Waals surface area (Å²) in [5.74, 6) is 2.93. The van der Waals surface area contributed by atoms with E-state index in [0.717, 1.165) is 36.5 Å². The van der Waals surface area contributed by atoms with Crippen LogP contribution in [0.3, 0.4) is 0 Å². The average molecular weight is 661 g/mol. The molecule has 0 bridgehead atoms. The smallest absolute Gasteiger partial charge is 0.123 e. The second-order valence-corrected chi connectivity index (χ2v) is 19.8. The van der Waals surface area contributed by atoms with E-state index in [-0.39, 0.29) is 22.2 Å². The molecule has 0 fully saturated rings. The Hall–Kier alpha value is -2.94. The summed E-state index contributed by atoms with van der Waals surface area (Å²) in [5, 5.41) is 0. The van der Waals surface area contributed by atoms with Crippen LogP contribution in [-0.2, 0) is 19.3 Å². The van der Waals surface area contributed by atoms with Crippen molar-refractivity contribution >= 4 is 0 Å². The van der Waals surface area contributed by atoms with Crippen LogP contribution >= 0.6 is 0 Å². The van der Waals surface area contributed by atoms with Crippen molar-refractivity contribution in [2.45, 2.75) is 161 Å². The maximum absolute atomic E-state index is 5.98. The van der Waals surface area contributed by atoms with Crippen molar-refractivity contribution in [2.75, 3.05) is 0 Å². The van der Waals surface area contributed by atoms with Crippen molar-refractivity contribution in [3.05, 3.63) is 89.5 Å². The quantitative estimate of drug-likeness (QED) is 0.263. The minimum absolute atomic E-state index is 0.120. The normalized spacial score (nSPS) is 12.6. The third-order valence-corrected chi connectivity index (χ3v) is 6.25. The molecule has 0 aliphatic heterocycles. The molecule has 0 saturated carbocycles. The fourth-order valence-electron chi connectivity index (χ4n) is 4.98. The van der Waals surface area contributed by atoms with E-state index in [0.29, 0.717) is 10.8 Å². The predicted molar refractivity (Wildman–Crippen MR) is 210 cm³/mol. The molecule has 3 nitrogen and oxygen atoms in total. The molecule has 48 heavy (non-hydrogen) atoms. The summed E-state index contributed by atoms with van der Waals surface area (Å²) in [4.78, 5) is 0. The molecule has 3 rings (SSSR count). The Kier molecular flexibility index (Phi) is 15.4.